The van der Waals surface area contributed by atoms with Gasteiger partial charge in [0.1, 0.15) is 0 Å². The van der Waals surface area contributed by atoms with Crippen LogP contribution in [0.5, 0.6) is 0 Å². The third-order valence-corrected chi connectivity index (χ3v) is 3.82. The Morgan fingerprint density at radius 2 is 1.95 bits per heavy atom. The molecule has 1 aliphatic heterocycles. The number of hydrogen-bond acceptors (Lipinski definition) is 3. The van der Waals surface area contributed by atoms with E-state index in [0.717, 1.165) is 20.3 Å². The predicted octanol–water partition coefficient (Wildman–Crippen LogP) is 3.94. The largest absolute Gasteiger partial charge is 0.402 e. The van der Waals surface area contributed by atoms with Gasteiger partial charge in [0.05, 0.1) is 0 Å². The second-order valence-corrected chi connectivity index (χ2v) is 5.95. The van der Waals surface area contributed by atoms with Gasteiger partial charge in [-0.1, -0.05) is 30.3 Å². The number of aliphatic imine (C=N–C) groups is 1. The van der Waals surface area contributed by atoms with Crippen LogP contribution < -0.4 is 0 Å². The molecule has 0 fully saturated rings. The molecule has 2 aromatic rings. The van der Waals surface area contributed by atoms with Crippen molar-refractivity contribution in [1.29, 1.82) is 0 Å². The molecule has 1 heterocycles. The maximum atomic E-state index is 12.0. The van der Waals surface area contributed by atoms with Gasteiger partial charge in [0.2, 0.25) is 5.90 Å². The molecule has 0 atom stereocenters. The van der Waals surface area contributed by atoms with E-state index in [1.54, 1.807) is 6.08 Å². The zero-order chi connectivity index (χ0) is 14.8. The smallest absolute Gasteiger partial charge is 0.363 e. The Morgan fingerprint density at radius 1 is 1.14 bits per heavy atom. The molecule has 2 aromatic carbocycles. The zero-order valence-corrected chi connectivity index (χ0v) is 13.5. The first kappa shape index (κ1) is 14.0. The summed E-state index contributed by atoms with van der Waals surface area (Å²) in [5.41, 5.74) is 3.13. The normalized spacial score (nSPS) is 16.0. The molecule has 0 aromatic heterocycles. The first-order chi connectivity index (χ1) is 10.1. The van der Waals surface area contributed by atoms with Crippen LogP contribution in [0.1, 0.15) is 16.7 Å². The van der Waals surface area contributed by atoms with Gasteiger partial charge in [0.15, 0.2) is 5.70 Å². The van der Waals surface area contributed by atoms with Crippen molar-refractivity contribution in [1.82, 2.24) is 0 Å². The van der Waals surface area contributed by atoms with E-state index in [2.05, 4.69) is 27.6 Å². The molecule has 104 valence electrons. The summed E-state index contributed by atoms with van der Waals surface area (Å²) in [5, 5.41) is 0. The number of cyclic esters (lactones) is 1. The molecule has 0 bridgehead atoms. The van der Waals surface area contributed by atoms with Crippen LogP contribution in [0, 0.1) is 10.5 Å². The van der Waals surface area contributed by atoms with Crippen molar-refractivity contribution in [3.63, 3.8) is 0 Å². The molecule has 0 N–H and O–H groups in total. The molecule has 4 heteroatoms. The van der Waals surface area contributed by atoms with Crippen molar-refractivity contribution in [2.75, 3.05) is 0 Å². The molecule has 0 unspecified atom stereocenters. The molecule has 0 radical (unpaired) electrons. The highest BCUT2D eigenvalue weighted by atomic mass is 127. The van der Waals surface area contributed by atoms with Gasteiger partial charge in [-0.05, 0) is 64.9 Å². The lowest BCUT2D eigenvalue weighted by molar-refractivity contribution is -0.129. The Morgan fingerprint density at radius 3 is 2.71 bits per heavy atom. The van der Waals surface area contributed by atoms with E-state index in [0.29, 0.717) is 11.6 Å². The third-order valence-electron chi connectivity index (χ3n) is 3.15. The monoisotopic (exact) mass is 389 g/mol. The van der Waals surface area contributed by atoms with E-state index in [1.807, 2.05) is 55.5 Å². The zero-order valence-electron chi connectivity index (χ0n) is 11.3. The minimum absolute atomic E-state index is 0.329. The molecule has 3 rings (SSSR count). The molecule has 0 aliphatic carbocycles. The quantitative estimate of drug-likeness (QED) is 0.443. The number of carbonyl (C=O) groups is 1. The fraction of sp³-hybridized carbons (Fsp3) is 0.0588. The van der Waals surface area contributed by atoms with Crippen LogP contribution in [0.2, 0.25) is 0 Å². The summed E-state index contributed by atoms with van der Waals surface area (Å²) in [5.74, 6) is -0.0397. The van der Waals surface area contributed by atoms with Crippen molar-refractivity contribution in [3.05, 3.63) is 74.5 Å². The molecular formula is C17H12INO2. The van der Waals surface area contributed by atoms with Crippen LogP contribution in [0.15, 0.2) is 59.2 Å². The van der Waals surface area contributed by atoms with Gasteiger partial charge >= 0.3 is 5.97 Å². The van der Waals surface area contributed by atoms with Crippen molar-refractivity contribution in [3.8, 4) is 0 Å². The minimum Gasteiger partial charge on any atom is -0.402 e. The van der Waals surface area contributed by atoms with E-state index in [-0.39, 0.29) is 0 Å². The lowest BCUT2D eigenvalue weighted by atomic mass is 10.1. The highest BCUT2D eigenvalue weighted by molar-refractivity contribution is 14.1. The van der Waals surface area contributed by atoms with Gasteiger partial charge in [-0.25, -0.2) is 9.79 Å². The standard InChI is InChI=1S/C17H12INO2/c1-11-5-2-3-8-14(11)16-19-15(17(20)21-16)10-12-6-4-7-13(18)9-12/h2-10H,1H3/b15-10+. The van der Waals surface area contributed by atoms with Gasteiger partial charge in [0.25, 0.3) is 0 Å². The minimum atomic E-state index is -0.410. The average Bonchev–Trinajstić information content (AvgIpc) is 2.80. The summed E-state index contributed by atoms with van der Waals surface area (Å²) >= 11 is 2.23. The first-order valence-corrected chi connectivity index (χ1v) is 7.55. The van der Waals surface area contributed by atoms with Gasteiger partial charge in [0, 0.05) is 9.13 Å². The van der Waals surface area contributed by atoms with E-state index in [9.17, 15) is 4.79 Å². The van der Waals surface area contributed by atoms with Gasteiger partial charge in [-0.2, -0.15) is 0 Å². The number of rotatable bonds is 2. The number of hydrogen-bond donors (Lipinski definition) is 0. The molecule has 0 amide bonds. The highest BCUT2D eigenvalue weighted by Gasteiger charge is 2.24. The predicted molar refractivity (Wildman–Crippen MR) is 90.9 cm³/mol. The molecule has 1 aliphatic rings. The number of aryl methyl sites for hydroxylation is 1. The SMILES string of the molecule is Cc1ccccc1C1=N/C(=C/c2cccc(I)c2)C(=O)O1. The summed E-state index contributed by atoms with van der Waals surface area (Å²) in [4.78, 5) is 16.3. The van der Waals surface area contributed by atoms with Crippen LogP contribution >= 0.6 is 22.6 Å². The van der Waals surface area contributed by atoms with Gasteiger partial charge < -0.3 is 4.74 Å². The van der Waals surface area contributed by atoms with Crippen LogP contribution in [0.4, 0.5) is 0 Å². The van der Waals surface area contributed by atoms with Gasteiger partial charge in [-0.3, -0.25) is 0 Å². The average molecular weight is 389 g/mol. The number of ether oxygens (including phenoxy) is 1. The van der Waals surface area contributed by atoms with Crippen molar-refractivity contribution >= 4 is 40.5 Å². The van der Waals surface area contributed by atoms with E-state index < -0.39 is 5.97 Å². The molecule has 0 spiro atoms. The van der Waals surface area contributed by atoms with Crippen molar-refractivity contribution in [2.45, 2.75) is 6.92 Å². The van der Waals surface area contributed by atoms with Gasteiger partial charge in [-0.15, -0.1) is 0 Å². The van der Waals surface area contributed by atoms with E-state index >= 15 is 0 Å². The Kier molecular flexibility index (Phi) is 3.88. The molecule has 3 nitrogen and oxygen atoms in total. The molecular weight excluding hydrogens is 377 g/mol. The summed E-state index contributed by atoms with van der Waals surface area (Å²) in [6, 6.07) is 15.6. The second kappa shape index (κ2) is 5.81. The number of nitrogens with zero attached hydrogens (tertiary/aromatic N) is 1. The number of carbonyl (C=O) groups excluding carboxylic acids is 1. The third kappa shape index (κ3) is 3.05. The Hall–Kier alpha value is -1.95. The number of halogens is 1. The summed E-state index contributed by atoms with van der Waals surface area (Å²) in [6.07, 6.45) is 1.75. The fourth-order valence-corrected chi connectivity index (χ4v) is 2.66. The van der Waals surface area contributed by atoms with Crippen molar-refractivity contribution < 1.29 is 9.53 Å². The van der Waals surface area contributed by atoms with Crippen LogP contribution in [0.25, 0.3) is 6.08 Å². The summed E-state index contributed by atoms with van der Waals surface area (Å²) < 4.78 is 6.39. The number of esters is 1. The summed E-state index contributed by atoms with van der Waals surface area (Å²) in [7, 11) is 0. The van der Waals surface area contributed by atoms with E-state index in [4.69, 9.17) is 4.74 Å². The first-order valence-electron chi connectivity index (χ1n) is 6.47. The highest BCUT2D eigenvalue weighted by Crippen LogP contribution is 2.21. The lowest BCUT2D eigenvalue weighted by Gasteiger charge is -2.02. The molecule has 0 saturated carbocycles. The topological polar surface area (TPSA) is 38.7 Å². The summed E-state index contributed by atoms with van der Waals surface area (Å²) in [6.45, 7) is 1.97. The van der Waals surface area contributed by atoms with Crippen LogP contribution in [0.3, 0.4) is 0 Å². The van der Waals surface area contributed by atoms with E-state index in [1.165, 1.54) is 0 Å². The fourth-order valence-electron chi connectivity index (χ4n) is 2.09. The van der Waals surface area contributed by atoms with Crippen LogP contribution in [-0.4, -0.2) is 11.9 Å². The Balaban J connectivity index is 1.98. The van der Waals surface area contributed by atoms with Crippen molar-refractivity contribution in [2.24, 2.45) is 4.99 Å². The van der Waals surface area contributed by atoms with Crippen LogP contribution in [-0.2, 0) is 9.53 Å². The molecule has 21 heavy (non-hydrogen) atoms. The Bertz CT molecular complexity index is 778. The molecule has 0 saturated heterocycles. The lowest BCUT2D eigenvalue weighted by Crippen LogP contribution is -2.06. The maximum Gasteiger partial charge on any atom is 0.363 e. The maximum absolute atomic E-state index is 12.0. The second-order valence-electron chi connectivity index (χ2n) is 4.71. The Labute approximate surface area is 136 Å². The number of benzene rings is 2.